The van der Waals surface area contributed by atoms with Crippen LogP contribution in [0.5, 0.6) is 0 Å². The summed E-state index contributed by atoms with van der Waals surface area (Å²) in [7, 11) is 0. The SMILES string of the molecule is CC(c1cc(C(F)(F)F)ccc1C(F)(F)F)N1CCNCC1. The first-order chi connectivity index (χ1) is 10.1. The molecule has 2 rings (SSSR count). The van der Waals surface area contributed by atoms with Crippen LogP contribution in [-0.4, -0.2) is 31.1 Å². The molecule has 1 aliphatic heterocycles. The van der Waals surface area contributed by atoms with E-state index in [0.29, 0.717) is 44.4 Å². The molecule has 1 aromatic rings. The Balaban J connectivity index is 2.44. The first-order valence-corrected chi connectivity index (χ1v) is 6.84. The van der Waals surface area contributed by atoms with Crippen LogP contribution in [0.25, 0.3) is 0 Å². The van der Waals surface area contributed by atoms with Crippen LogP contribution in [0.4, 0.5) is 26.3 Å². The third-order valence-electron chi connectivity index (χ3n) is 3.83. The number of alkyl halides is 6. The summed E-state index contributed by atoms with van der Waals surface area (Å²) < 4.78 is 77.7. The van der Waals surface area contributed by atoms with Crippen LogP contribution in [0.1, 0.15) is 29.7 Å². The Hall–Kier alpha value is -1.28. The maximum absolute atomic E-state index is 13.1. The second-order valence-corrected chi connectivity index (χ2v) is 5.26. The average molecular weight is 326 g/mol. The molecule has 0 saturated carbocycles. The number of halogens is 6. The van der Waals surface area contributed by atoms with Crippen molar-refractivity contribution in [2.45, 2.75) is 25.3 Å². The van der Waals surface area contributed by atoms with E-state index in [1.807, 2.05) is 0 Å². The van der Waals surface area contributed by atoms with Crippen LogP contribution in [0.3, 0.4) is 0 Å². The molecule has 0 aliphatic carbocycles. The normalized spacial score (nSPS) is 19.2. The van der Waals surface area contributed by atoms with Crippen molar-refractivity contribution < 1.29 is 26.3 Å². The van der Waals surface area contributed by atoms with E-state index in [0.717, 1.165) is 0 Å². The lowest BCUT2D eigenvalue weighted by molar-refractivity contribution is -0.142. The highest BCUT2D eigenvalue weighted by molar-refractivity contribution is 5.37. The highest BCUT2D eigenvalue weighted by Gasteiger charge is 2.38. The molecule has 2 nitrogen and oxygen atoms in total. The molecule has 8 heteroatoms. The third kappa shape index (κ3) is 3.73. The van der Waals surface area contributed by atoms with Crippen molar-refractivity contribution in [3.8, 4) is 0 Å². The van der Waals surface area contributed by atoms with Crippen molar-refractivity contribution in [2.24, 2.45) is 0 Å². The maximum atomic E-state index is 13.1. The number of hydrogen-bond donors (Lipinski definition) is 1. The lowest BCUT2D eigenvalue weighted by Crippen LogP contribution is -2.44. The van der Waals surface area contributed by atoms with Crippen LogP contribution < -0.4 is 5.32 Å². The van der Waals surface area contributed by atoms with Crippen molar-refractivity contribution in [1.29, 1.82) is 0 Å². The van der Waals surface area contributed by atoms with E-state index in [9.17, 15) is 26.3 Å². The number of benzene rings is 1. The van der Waals surface area contributed by atoms with Crippen LogP contribution in [-0.2, 0) is 12.4 Å². The molecule has 0 radical (unpaired) electrons. The number of nitrogens with zero attached hydrogens (tertiary/aromatic N) is 1. The first-order valence-electron chi connectivity index (χ1n) is 6.84. The Bertz CT molecular complexity index is 517. The highest BCUT2D eigenvalue weighted by Crippen LogP contribution is 2.39. The van der Waals surface area contributed by atoms with Gasteiger partial charge in [0.15, 0.2) is 0 Å². The molecule has 0 spiro atoms. The van der Waals surface area contributed by atoms with Gasteiger partial charge in [0.1, 0.15) is 0 Å². The zero-order chi connectivity index (χ0) is 16.5. The molecule has 1 aromatic carbocycles. The predicted octanol–water partition coefficient (Wildman–Crippen LogP) is 3.69. The van der Waals surface area contributed by atoms with Gasteiger partial charge in [-0.15, -0.1) is 0 Å². The summed E-state index contributed by atoms with van der Waals surface area (Å²) in [6.45, 7) is 3.70. The summed E-state index contributed by atoms with van der Waals surface area (Å²) >= 11 is 0. The van der Waals surface area contributed by atoms with E-state index in [-0.39, 0.29) is 5.56 Å². The van der Waals surface area contributed by atoms with Gasteiger partial charge in [-0.3, -0.25) is 4.90 Å². The molecule has 1 heterocycles. The minimum atomic E-state index is -4.68. The van der Waals surface area contributed by atoms with Gasteiger partial charge in [0.2, 0.25) is 0 Å². The Morgan fingerprint density at radius 2 is 1.59 bits per heavy atom. The molecular formula is C14H16F6N2. The monoisotopic (exact) mass is 326 g/mol. The molecular weight excluding hydrogens is 310 g/mol. The topological polar surface area (TPSA) is 15.3 Å². The molecule has 124 valence electrons. The lowest BCUT2D eigenvalue weighted by Gasteiger charge is -2.34. The molecule has 1 saturated heterocycles. The summed E-state index contributed by atoms with van der Waals surface area (Å²) in [4.78, 5) is 1.75. The van der Waals surface area contributed by atoms with Crippen LogP contribution >= 0.6 is 0 Å². The van der Waals surface area contributed by atoms with Gasteiger partial charge in [0.05, 0.1) is 11.1 Å². The Kier molecular flexibility index (Phi) is 4.72. The summed E-state index contributed by atoms with van der Waals surface area (Å²) in [6.07, 6.45) is -9.34. The second-order valence-electron chi connectivity index (χ2n) is 5.26. The molecule has 1 unspecified atom stereocenters. The van der Waals surface area contributed by atoms with Crippen molar-refractivity contribution in [3.05, 3.63) is 34.9 Å². The molecule has 0 amide bonds. The van der Waals surface area contributed by atoms with Gasteiger partial charge < -0.3 is 5.32 Å². The Morgan fingerprint density at radius 1 is 1.00 bits per heavy atom. The average Bonchev–Trinajstić information content (AvgIpc) is 2.45. The van der Waals surface area contributed by atoms with Crippen LogP contribution in [0.15, 0.2) is 18.2 Å². The molecule has 0 bridgehead atoms. The standard InChI is InChI=1S/C14H16F6N2/c1-9(22-6-4-21-5-7-22)11-8-10(13(15,16)17)2-3-12(11)14(18,19)20/h2-3,8-9,21H,4-7H2,1H3. The van der Waals surface area contributed by atoms with Gasteiger partial charge in [-0.25, -0.2) is 0 Å². The van der Waals surface area contributed by atoms with E-state index in [1.54, 1.807) is 4.90 Å². The molecule has 22 heavy (non-hydrogen) atoms. The Labute approximate surface area is 124 Å². The van der Waals surface area contributed by atoms with E-state index >= 15 is 0 Å². The van der Waals surface area contributed by atoms with Crippen molar-refractivity contribution in [2.75, 3.05) is 26.2 Å². The van der Waals surface area contributed by atoms with Crippen LogP contribution in [0, 0.1) is 0 Å². The number of nitrogens with one attached hydrogen (secondary N) is 1. The van der Waals surface area contributed by atoms with E-state index in [4.69, 9.17) is 0 Å². The molecule has 1 N–H and O–H groups in total. The van der Waals surface area contributed by atoms with Crippen molar-refractivity contribution in [1.82, 2.24) is 10.2 Å². The molecule has 1 fully saturated rings. The largest absolute Gasteiger partial charge is 0.416 e. The van der Waals surface area contributed by atoms with Gasteiger partial charge in [0.25, 0.3) is 0 Å². The van der Waals surface area contributed by atoms with Gasteiger partial charge >= 0.3 is 12.4 Å². The lowest BCUT2D eigenvalue weighted by atomic mass is 9.96. The van der Waals surface area contributed by atoms with E-state index in [1.165, 1.54) is 6.92 Å². The second kappa shape index (κ2) is 6.08. The number of rotatable bonds is 2. The fraction of sp³-hybridized carbons (Fsp3) is 0.571. The summed E-state index contributed by atoms with van der Waals surface area (Å²) in [5.41, 5.74) is -2.40. The number of hydrogen-bond acceptors (Lipinski definition) is 2. The third-order valence-corrected chi connectivity index (χ3v) is 3.83. The van der Waals surface area contributed by atoms with Gasteiger partial charge in [-0.05, 0) is 30.7 Å². The number of piperazine rings is 1. The maximum Gasteiger partial charge on any atom is 0.416 e. The molecule has 0 aromatic heterocycles. The van der Waals surface area contributed by atoms with Gasteiger partial charge in [-0.1, -0.05) is 0 Å². The van der Waals surface area contributed by atoms with Crippen molar-refractivity contribution >= 4 is 0 Å². The van der Waals surface area contributed by atoms with E-state index in [2.05, 4.69) is 5.32 Å². The fourth-order valence-electron chi connectivity index (χ4n) is 2.61. The molecule has 1 aliphatic rings. The van der Waals surface area contributed by atoms with Crippen molar-refractivity contribution in [3.63, 3.8) is 0 Å². The predicted molar refractivity (Wildman–Crippen MR) is 69.3 cm³/mol. The van der Waals surface area contributed by atoms with Gasteiger partial charge in [-0.2, -0.15) is 26.3 Å². The first kappa shape index (κ1) is 17.1. The minimum absolute atomic E-state index is 0.329. The summed E-state index contributed by atoms with van der Waals surface area (Å²) in [6, 6.07) is 0.893. The van der Waals surface area contributed by atoms with Gasteiger partial charge in [0, 0.05) is 32.2 Å². The zero-order valence-corrected chi connectivity index (χ0v) is 11.9. The Morgan fingerprint density at radius 3 is 2.09 bits per heavy atom. The van der Waals surface area contributed by atoms with E-state index < -0.39 is 29.5 Å². The van der Waals surface area contributed by atoms with Crippen LogP contribution in [0.2, 0.25) is 0 Å². The summed E-state index contributed by atoms with van der Waals surface area (Å²) in [5.74, 6) is 0. The highest BCUT2D eigenvalue weighted by atomic mass is 19.4. The summed E-state index contributed by atoms with van der Waals surface area (Å²) in [5, 5.41) is 3.06. The molecule has 1 atom stereocenters. The fourth-order valence-corrected chi connectivity index (χ4v) is 2.61. The quantitative estimate of drug-likeness (QED) is 0.834. The zero-order valence-electron chi connectivity index (χ0n) is 11.9. The minimum Gasteiger partial charge on any atom is -0.314 e. The smallest absolute Gasteiger partial charge is 0.314 e.